The molecule has 2 aromatic heterocycles. The summed E-state index contributed by atoms with van der Waals surface area (Å²) in [6.45, 7) is 1.74. The van der Waals surface area contributed by atoms with Gasteiger partial charge in [-0.25, -0.2) is 18.4 Å². The molecule has 208 valence electrons. The second kappa shape index (κ2) is 11.0. The van der Waals surface area contributed by atoms with Crippen molar-refractivity contribution in [3.05, 3.63) is 58.1 Å². The molecule has 2 aliphatic heterocycles. The summed E-state index contributed by atoms with van der Waals surface area (Å²) in [6.07, 6.45) is -1.58. The molecule has 2 aliphatic rings. The minimum Gasteiger partial charge on any atom is -0.349 e. The van der Waals surface area contributed by atoms with Crippen molar-refractivity contribution in [3.8, 4) is 11.3 Å². The lowest BCUT2D eigenvalue weighted by Crippen LogP contribution is -2.45. The summed E-state index contributed by atoms with van der Waals surface area (Å²) in [7, 11) is -3.88. The summed E-state index contributed by atoms with van der Waals surface area (Å²) in [5.41, 5.74) is 0.631. The quantitative estimate of drug-likeness (QED) is 0.413. The van der Waals surface area contributed by atoms with Crippen molar-refractivity contribution >= 4 is 44.8 Å². The first-order valence-electron chi connectivity index (χ1n) is 12.4. The molecule has 1 N–H and O–H groups in total. The number of carbonyl (C=O) groups excluding carboxylic acids is 1. The maximum atomic E-state index is 13.1. The molecular formula is C25H25ClF3N5O3S2. The first-order valence-corrected chi connectivity index (χ1v) is 15.0. The third-order valence-corrected chi connectivity index (χ3v) is 10.3. The number of amides is 1. The Morgan fingerprint density at radius 3 is 2.41 bits per heavy atom. The first kappa shape index (κ1) is 27.8. The van der Waals surface area contributed by atoms with E-state index in [1.165, 1.54) is 28.6 Å². The molecule has 0 saturated carbocycles. The molecule has 2 saturated heterocycles. The van der Waals surface area contributed by atoms with Gasteiger partial charge in [0.2, 0.25) is 11.9 Å². The molecule has 0 radical (unpaired) electrons. The van der Waals surface area contributed by atoms with E-state index in [0.29, 0.717) is 40.1 Å². The monoisotopic (exact) mass is 599 g/mol. The normalized spacial score (nSPS) is 18.6. The SMILES string of the molecule is O=C(NCc1cc(-c2ccc(C(F)(F)F)cc2)nc(N2CCCC2)n1)[C@@H]1CCCN1S(=O)(=O)c1ccc(Cl)s1. The van der Waals surface area contributed by atoms with Crippen molar-refractivity contribution in [2.45, 2.75) is 48.7 Å². The number of aromatic nitrogens is 2. The third-order valence-electron chi connectivity index (χ3n) is 6.73. The molecule has 1 atom stereocenters. The Balaban J connectivity index is 1.36. The van der Waals surface area contributed by atoms with Crippen LogP contribution < -0.4 is 10.2 Å². The summed E-state index contributed by atoms with van der Waals surface area (Å²) < 4.78 is 67.0. The molecule has 2 fully saturated rings. The van der Waals surface area contributed by atoms with E-state index in [2.05, 4.69) is 15.3 Å². The van der Waals surface area contributed by atoms with Crippen LogP contribution >= 0.6 is 22.9 Å². The standard InChI is InChI=1S/C25H25ClF3N5O3S2/c26-21-9-10-22(38-21)39(36,37)34-13-3-4-20(34)23(35)30-15-18-14-19(32-24(31-18)33-11-1-2-12-33)16-5-7-17(8-6-16)25(27,28)29/h5-10,14,20H,1-4,11-13,15H2,(H,30,35)/t20-/m0/s1. The van der Waals surface area contributed by atoms with Gasteiger partial charge in [-0.15, -0.1) is 11.3 Å². The Morgan fingerprint density at radius 2 is 1.77 bits per heavy atom. The minimum atomic E-state index is -4.45. The van der Waals surface area contributed by atoms with E-state index in [4.69, 9.17) is 11.6 Å². The van der Waals surface area contributed by atoms with Gasteiger partial charge in [-0.05, 0) is 56.0 Å². The van der Waals surface area contributed by atoms with Crippen molar-refractivity contribution in [2.24, 2.45) is 0 Å². The Morgan fingerprint density at radius 1 is 1.05 bits per heavy atom. The molecule has 1 aromatic carbocycles. The fraction of sp³-hybridized carbons (Fsp3) is 0.400. The van der Waals surface area contributed by atoms with E-state index < -0.39 is 33.7 Å². The second-order valence-corrected chi connectivity index (χ2v) is 13.2. The number of benzene rings is 1. The van der Waals surface area contributed by atoms with Gasteiger partial charge in [-0.3, -0.25) is 4.79 Å². The molecule has 0 aliphatic carbocycles. The third kappa shape index (κ3) is 6.06. The number of hydrogen-bond acceptors (Lipinski definition) is 7. The maximum Gasteiger partial charge on any atom is 0.416 e. The second-order valence-electron chi connectivity index (χ2n) is 9.36. The largest absolute Gasteiger partial charge is 0.416 e. The van der Waals surface area contributed by atoms with Gasteiger partial charge in [0, 0.05) is 25.2 Å². The number of carbonyl (C=O) groups is 1. The summed E-state index contributed by atoms with van der Waals surface area (Å²) in [4.78, 5) is 24.3. The molecule has 14 heteroatoms. The van der Waals surface area contributed by atoms with E-state index >= 15 is 0 Å². The summed E-state index contributed by atoms with van der Waals surface area (Å²) >= 11 is 6.87. The van der Waals surface area contributed by atoms with Crippen LogP contribution in [0.5, 0.6) is 0 Å². The molecule has 5 rings (SSSR count). The number of sulfonamides is 1. The zero-order valence-corrected chi connectivity index (χ0v) is 23.0. The highest BCUT2D eigenvalue weighted by atomic mass is 35.5. The fourth-order valence-corrected chi connectivity index (χ4v) is 8.02. The van der Waals surface area contributed by atoms with Gasteiger partial charge < -0.3 is 10.2 Å². The van der Waals surface area contributed by atoms with Crippen LogP contribution in [0.4, 0.5) is 19.1 Å². The number of nitrogens with zero attached hydrogens (tertiary/aromatic N) is 4. The molecule has 1 amide bonds. The van der Waals surface area contributed by atoms with Gasteiger partial charge in [0.15, 0.2) is 0 Å². The van der Waals surface area contributed by atoms with Crippen LogP contribution in [0.15, 0.2) is 46.7 Å². The number of rotatable bonds is 7. The average molecular weight is 600 g/mol. The smallest absolute Gasteiger partial charge is 0.349 e. The van der Waals surface area contributed by atoms with Crippen LogP contribution in [0.25, 0.3) is 11.3 Å². The molecule has 0 unspecified atom stereocenters. The highest BCUT2D eigenvalue weighted by Crippen LogP contribution is 2.33. The van der Waals surface area contributed by atoms with Gasteiger partial charge in [0.1, 0.15) is 10.3 Å². The topological polar surface area (TPSA) is 95.5 Å². The van der Waals surface area contributed by atoms with Crippen LogP contribution in [0.1, 0.15) is 36.9 Å². The van der Waals surface area contributed by atoms with Crippen molar-refractivity contribution < 1.29 is 26.4 Å². The lowest BCUT2D eigenvalue weighted by molar-refractivity contribution is -0.137. The molecule has 0 bridgehead atoms. The predicted octanol–water partition coefficient (Wildman–Crippen LogP) is 4.95. The van der Waals surface area contributed by atoms with Crippen molar-refractivity contribution in [1.82, 2.24) is 19.6 Å². The van der Waals surface area contributed by atoms with E-state index in [-0.39, 0.29) is 17.3 Å². The zero-order valence-electron chi connectivity index (χ0n) is 20.6. The van der Waals surface area contributed by atoms with Crippen molar-refractivity contribution in [1.29, 1.82) is 0 Å². The van der Waals surface area contributed by atoms with Gasteiger partial charge in [0.05, 0.1) is 27.8 Å². The first-order chi connectivity index (χ1) is 18.5. The predicted molar refractivity (Wildman–Crippen MR) is 142 cm³/mol. The molecule has 0 spiro atoms. The van der Waals surface area contributed by atoms with Crippen LogP contribution in [0.3, 0.4) is 0 Å². The molecular weight excluding hydrogens is 575 g/mol. The Kier molecular flexibility index (Phi) is 7.86. The summed E-state index contributed by atoms with van der Waals surface area (Å²) in [6, 6.07) is 8.42. The van der Waals surface area contributed by atoms with Gasteiger partial charge in [-0.1, -0.05) is 23.7 Å². The van der Waals surface area contributed by atoms with E-state index in [1.54, 1.807) is 6.07 Å². The number of anilines is 1. The van der Waals surface area contributed by atoms with E-state index in [1.807, 2.05) is 4.90 Å². The molecule has 3 aromatic rings. The average Bonchev–Trinajstić information content (AvgIpc) is 3.69. The van der Waals surface area contributed by atoms with Gasteiger partial charge in [0.25, 0.3) is 10.0 Å². The zero-order chi connectivity index (χ0) is 27.8. The van der Waals surface area contributed by atoms with Crippen LogP contribution in [0, 0.1) is 0 Å². The maximum absolute atomic E-state index is 13.1. The lowest BCUT2D eigenvalue weighted by Gasteiger charge is -2.23. The van der Waals surface area contributed by atoms with Crippen molar-refractivity contribution in [2.75, 3.05) is 24.5 Å². The highest BCUT2D eigenvalue weighted by molar-refractivity contribution is 7.91. The Labute approximate surface area is 232 Å². The number of thiophene rings is 1. The van der Waals surface area contributed by atoms with Crippen LogP contribution in [0.2, 0.25) is 4.34 Å². The van der Waals surface area contributed by atoms with Gasteiger partial charge >= 0.3 is 6.18 Å². The minimum absolute atomic E-state index is 0.00501. The number of nitrogens with one attached hydrogen (secondary N) is 1. The van der Waals surface area contributed by atoms with Crippen molar-refractivity contribution in [3.63, 3.8) is 0 Å². The lowest BCUT2D eigenvalue weighted by atomic mass is 10.1. The van der Waals surface area contributed by atoms with Gasteiger partial charge in [-0.2, -0.15) is 17.5 Å². The van der Waals surface area contributed by atoms with Crippen LogP contribution in [-0.4, -0.2) is 54.3 Å². The summed E-state index contributed by atoms with van der Waals surface area (Å²) in [5, 5.41) is 2.80. The number of alkyl halides is 3. The molecule has 8 nitrogen and oxygen atoms in total. The van der Waals surface area contributed by atoms with Crippen LogP contribution in [-0.2, 0) is 27.5 Å². The fourth-order valence-electron chi connectivity index (χ4n) is 4.75. The number of hydrogen-bond donors (Lipinski definition) is 1. The summed E-state index contributed by atoms with van der Waals surface area (Å²) in [5.74, 6) is -0.00932. The number of halogens is 4. The Hall–Kier alpha value is -2.74. The molecule has 4 heterocycles. The highest BCUT2D eigenvalue weighted by Gasteiger charge is 2.40. The Bertz CT molecular complexity index is 1460. The van der Waals surface area contributed by atoms with E-state index in [0.717, 1.165) is 49.4 Å². The molecule has 39 heavy (non-hydrogen) atoms. The van der Waals surface area contributed by atoms with E-state index in [9.17, 15) is 26.4 Å².